The molecule has 0 saturated heterocycles. The topological polar surface area (TPSA) is 44.5 Å². The number of nitrogen functional groups attached to an aromatic ring is 1. The van der Waals surface area contributed by atoms with Crippen molar-refractivity contribution in [3.8, 4) is 11.5 Å². The van der Waals surface area contributed by atoms with Gasteiger partial charge in [0.25, 0.3) is 0 Å². The van der Waals surface area contributed by atoms with E-state index in [1.54, 1.807) is 0 Å². The molecule has 0 heterocycles. The first-order chi connectivity index (χ1) is 15.3. The van der Waals surface area contributed by atoms with E-state index in [0.29, 0.717) is 13.2 Å². The van der Waals surface area contributed by atoms with E-state index in [1.165, 1.54) is 11.1 Å². The van der Waals surface area contributed by atoms with Gasteiger partial charge in [-0.15, -0.1) is 0 Å². The number of ether oxygens (including phenoxy) is 2. The summed E-state index contributed by atoms with van der Waals surface area (Å²) in [4.78, 5) is 0. The summed E-state index contributed by atoms with van der Waals surface area (Å²) >= 11 is 0. The van der Waals surface area contributed by atoms with Crippen LogP contribution in [-0.2, 0) is 26.1 Å². The summed E-state index contributed by atoms with van der Waals surface area (Å²) in [6.45, 7) is 1.01. The summed E-state index contributed by atoms with van der Waals surface area (Å²) in [5.74, 6) is 1.53. The van der Waals surface area contributed by atoms with Crippen molar-refractivity contribution in [2.75, 3.05) is 5.73 Å². The zero-order chi connectivity index (χ0) is 21.3. The molecule has 3 nitrogen and oxygen atoms in total. The summed E-state index contributed by atoms with van der Waals surface area (Å²) < 4.78 is 12.3. The molecule has 4 aromatic rings. The second-order valence-electron chi connectivity index (χ2n) is 7.57. The van der Waals surface area contributed by atoms with Gasteiger partial charge >= 0.3 is 0 Å². The summed E-state index contributed by atoms with van der Waals surface area (Å²) in [5.41, 5.74) is 11.3. The molecule has 0 fully saturated rings. The summed E-state index contributed by atoms with van der Waals surface area (Å²) in [7, 11) is 0. The Morgan fingerprint density at radius 1 is 0.484 bits per heavy atom. The molecular weight excluding hydrogens is 382 g/mol. The van der Waals surface area contributed by atoms with Gasteiger partial charge in [-0.05, 0) is 59.4 Å². The van der Waals surface area contributed by atoms with E-state index in [2.05, 4.69) is 48.5 Å². The summed E-state index contributed by atoms with van der Waals surface area (Å²) in [6, 6.07) is 34.6. The fourth-order valence-electron chi connectivity index (χ4n) is 3.38. The van der Waals surface area contributed by atoms with E-state index in [0.717, 1.165) is 41.2 Å². The van der Waals surface area contributed by atoms with E-state index in [1.807, 2.05) is 54.6 Å². The van der Waals surface area contributed by atoms with Crippen molar-refractivity contribution in [3.05, 3.63) is 125 Å². The summed E-state index contributed by atoms with van der Waals surface area (Å²) in [6.07, 6.45) is 1.87. The molecule has 4 aromatic carbocycles. The van der Waals surface area contributed by atoms with E-state index in [-0.39, 0.29) is 0 Å². The van der Waals surface area contributed by atoms with Crippen LogP contribution in [-0.4, -0.2) is 0 Å². The number of hydrogen-bond donors (Lipinski definition) is 1. The first-order valence-electron chi connectivity index (χ1n) is 10.6. The third kappa shape index (κ3) is 6.13. The maximum absolute atomic E-state index is 6.18. The smallest absolute Gasteiger partial charge is 0.161 e. The minimum atomic E-state index is 0.504. The number of rotatable bonds is 9. The van der Waals surface area contributed by atoms with Crippen LogP contribution >= 0.6 is 0 Å². The molecule has 0 spiro atoms. The van der Waals surface area contributed by atoms with Crippen LogP contribution in [0, 0.1) is 0 Å². The quantitative estimate of drug-likeness (QED) is 0.334. The van der Waals surface area contributed by atoms with Crippen LogP contribution in [0.4, 0.5) is 5.69 Å². The van der Waals surface area contributed by atoms with Crippen LogP contribution in [0.3, 0.4) is 0 Å². The molecule has 0 amide bonds. The molecule has 0 bridgehead atoms. The molecule has 3 heteroatoms. The Kier molecular flexibility index (Phi) is 6.86. The molecule has 4 rings (SSSR count). The van der Waals surface area contributed by atoms with Crippen LogP contribution in [0.1, 0.15) is 22.3 Å². The van der Waals surface area contributed by atoms with Gasteiger partial charge < -0.3 is 15.2 Å². The van der Waals surface area contributed by atoms with Gasteiger partial charge in [-0.25, -0.2) is 0 Å². The Morgan fingerprint density at radius 2 is 1.00 bits per heavy atom. The van der Waals surface area contributed by atoms with Crippen LogP contribution in [0.15, 0.2) is 103 Å². The number of benzene rings is 4. The maximum atomic E-state index is 6.18. The Labute approximate surface area is 184 Å². The van der Waals surface area contributed by atoms with Gasteiger partial charge in [0.05, 0.1) is 0 Å². The Bertz CT molecular complexity index is 1080. The molecule has 0 aromatic heterocycles. The van der Waals surface area contributed by atoms with Crippen molar-refractivity contribution < 1.29 is 9.47 Å². The zero-order valence-corrected chi connectivity index (χ0v) is 17.5. The van der Waals surface area contributed by atoms with Crippen LogP contribution in [0.2, 0.25) is 0 Å². The van der Waals surface area contributed by atoms with Crippen molar-refractivity contribution in [1.29, 1.82) is 0 Å². The molecule has 0 aliphatic carbocycles. The number of anilines is 1. The van der Waals surface area contributed by atoms with Gasteiger partial charge in [-0.2, -0.15) is 0 Å². The highest BCUT2D eigenvalue weighted by molar-refractivity contribution is 5.44. The average Bonchev–Trinajstić information content (AvgIpc) is 2.83. The van der Waals surface area contributed by atoms with Gasteiger partial charge in [0.1, 0.15) is 13.2 Å². The molecule has 0 radical (unpaired) electrons. The minimum Gasteiger partial charge on any atom is -0.485 e. The predicted molar refractivity (Wildman–Crippen MR) is 126 cm³/mol. The van der Waals surface area contributed by atoms with Crippen molar-refractivity contribution >= 4 is 5.69 Å². The van der Waals surface area contributed by atoms with Crippen LogP contribution in [0.5, 0.6) is 11.5 Å². The Morgan fingerprint density at radius 3 is 1.61 bits per heavy atom. The molecule has 31 heavy (non-hydrogen) atoms. The molecule has 0 atom stereocenters. The molecule has 0 saturated carbocycles. The highest BCUT2D eigenvalue weighted by Gasteiger charge is 2.09. The standard InChI is InChI=1S/C28H27NO2/c29-26-16-13-22(14-17-26)11-12-23-15-18-27(30-20-24-7-3-1-4-8-24)28(19-23)31-21-25-9-5-2-6-10-25/h1-10,13-19H,11-12,20-21,29H2. The van der Waals surface area contributed by atoms with Crippen molar-refractivity contribution in [2.45, 2.75) is 26.1 Å². The Hall–Kier alpha value is -3.72. The molecule has 156 valence electrons. The fourth-order valence-corrected chi connectivity index (χ4v) is 3.38. The second-order valence-corrected chi connectivity index (χ2v) is 7.57. The van der Waals surface area contributed by atoms with Gasteiger partial charge in [0, 0.05) is 5.69 Å². The fraction of sp³-hybridized carbons (Fsp3) is 0.143. The van der Waals surface area contributed by atoms with Crippen molar-refractivity contribution in [1.82, 2.24) is 0 Å². The van der Waals surface area contributed by atoms with Gasteiger partial charge in [-0.3, -0.25) is 0 Å². The first kappa shape index (κ1) is 20.5. The van der Waals surface area contributed by atoms with Crippen molar-refractivity contribution in [3.63, 3.8) is 0 Å². The van der Waals surface area contributed by atoms with E-state index in [4.69, 9.17) is 15.2 Å². The molecule has 2 N–H and O–H groups in total. The van der Waals surface area contributed by atoms with E-state index < -0.39 is 0 Å². The molecular formula is C28H27NO2. The highest BCUT2D eigenvalue weighted by Crippen LogP contribution is 2.30. The lowest BCUT2D eigenvalue weighted by atomic mass is 10.0. The maximum Gasteiger partial charge on any atom is 0.161 e. The van der Waals surface area contributed by atoms with Crippen LogP contribution in [0.25, 0.3) is 0 Å². The van der Waals surface area contributed by atoms with E-state index in [9.17, 15) is 0 Å². The first-order valence-corrected chi connectivity index (χ1v) is 10.6. The second kappa shape index (κ2) is 10.4. The molecule has 0 aliphatic rings. The normalized spacial score (nSPS) is 10.6. The SMILES string of the molecule is Nc1ccc(CCc2ccc(OCc3ccccc3)c(OCc3ccccc3)c2)cc1. The van der Waals surface area contributed by atoms with Gasteiger partial charge in [-0.1, -0.05) is 78.9 Å². The number of hydrogen-bond acceptors (Lipinski definition) is 3. The average molecular weight is 410 g/mol. The van der Waals surface area contributed by atoms with Gasteiger partial charge in [0.2, 0.25) is 0 Å². The van der Waals surface area contributed by atoms with E-state index >= 15 is 0 Å². The van der Waals surface area contributed by atoms with Crippen LogP contribution < -0.4 is 15.2 Å². The monoisotopic (exact) mass is 409 g/mol. The van der Waals surface area contributed by atoms with Crippen molar-refractivity contribution in [2.24, 2.45) is 0 Å². The molecule has 0 aliphatic heterocycles. The lowest BCUT2D eigenvalue weighted by Gasteiger charge is -2.15. The predicted octanol–water partition coefficient (Wildman–Crippen LogP) is 6.21. The minimum absolute atomic E-state index is 0.504. The lowest BCUT2D eigenvalue weighted by molar-refractivity contribution is 0.255. The molecule has 0 unspecified atom stereocenters. The zero-order valence-electron chi connectivity index (χ0n) is 17.5. The lowest BCUT2D eigenvalue weighted by Crippen LogP contribution is -2.02. The number of aryl methyl sites for hydroxylation is 2. The van der Waals surface area contributed by atoms with Gasteiger partial charge in [0.15, 0.2) is 11.5 Å². The Balaban J connectivity index is 1.48. The summed E-state index contributed by atoms with van der Waals surface area (Å²) in [5, 5.41) is 0. The third-order valence-corrected chi connectivity index (χ3v) is 5.16. The number of nitrogens with two attached hydrogens (primary N) is 1. The third-order valence-electron chi connectivity index (χ3n) is 5.16. The highest BCUT2D eigenvalue weighted by atomic mass is 16.5. The largest absolute Gasteiger partial charge is 0.485 e.